The van der Waals surface area contributed by atoms with Crippen molar-refractivity contribution in [2.75, 3.05) is 51.1 Å². The minimum atomic E-state index is -0.613. The van der Waals surface area contributed by atoms with Crippen molar-refractivity contribution in [1.82, 2.24) is 15.1 Å². The summed E-state index contributed by atoms with van der Waals surface area (Å²) in [7, 11) is 0. The maximum absolute atomic E-state index is 14.2. The van der Waals surface area contributed by atoms with E-state index in [9.17, 15) is 18.8 Å². The molecule has 1 aliphatic carbocycles. The van der Waals surface area contributed by atoms with Crippen LogP contribution in [0.1, 0.15) is 77.1 Å². The van der Waals surface area contributed by atoms with Gasteiger partial charge in [-0.2, -0.15) is 0 Å². The van der Waals surface area contributed by atoms with Crippen LogP contribution in [0.25, 0.3) is 0 Å². The van der Waals surface area contributed by atoms with E-state index in [1.807, 2.05) is 18.2 Å². The van der Waals surface area contributed by atoms with Crippen LogP contribution in [-0.2, 0) is 4.79 Å². The molecule has 3 amide bonds. The maximum atomic E-state index is 14.2. The number of amides is 3. The van der Waals surface area contributed by atoms with Crippen molar-refractivity contribution in [3.05, 3.63) is 58.9 Å². The van der Waals surface area contributed by atoms with Crippen LogP contribution < -0.4 is 21.1 Å². The molecule has 4 N–H and O–H groups in total. The fraction of sp³-hybridized carbons (Fsp3) is 0.516. The fourth-order valence-electron chi connectivity index (χ4n) is 6.05. The van der Waals surface area contributed by atoms with E-state index in [1.165, 1.54) is 31.4 Å². The third-order valence-electron chi connectivity index (χ3n) is 8.26. The Morgan fingerprint density at radius 3 is 2.29 bits per heavy atom. The quantitative estimate of drug-likeness (QED) is 0.451. The molecule has 2 aromatic rings. The molecule has 1 atom stereocenters. The first-order chi connectivity index (χ1) is 19.9. The van der Waals surface area contributed by atoms with Crippen LogP contribution >= 0.6 is 0 Å². The van der Waals surface area contributed by atoms with Crippen LogP contribution in [0.15, 0.2) is 36.4 Å². The number of nitrogens with zero attached hydrogens (tertiary/aromatic N) is 2. The smallest absolute Gasteiger partial charge is 0.254 e. The summed E-state index contributed by atoms with van der Waals surface area (Å²) in [6, 6.07) is 9.65. The number of piperazine rings is 1. The number of carbonyl (C=O) groups excluding carboxylic acids is 3. The van der Waals surface area contributed by atoms with Crippen LogP contribution in [0.2, 0.25) is 0 Å². The molecular formula is C31H40FN5O4. The highest BCUT2D eigenvalue weighted by Gasteiger charge is 2.28. The van der Waals surface area contributed by atoms with Crippen molar-refractivity contribution < 1.29 is 23.5 Å². The molecule has 220 valence electrons. The second kappa shape index (κ2) is 13.4. The lowest BCUT2D eigenvalue weighted by molar-refractivity contribution is -0.116. The SMILES string of the molecule is NCCC(=O)Nc1cc(F)cc(C(=O)N2CCN(C(=O)c3ccc(O[C@H]4CCNC4)c(C4CCCCC4)c3)CC2)c1. The third-order valence-corrected chi connectivity index (χ3v) is 8.26. The number of hydrogen-bond acceptors (Lipinski definition) is 6. The number of nitrogens with one attached hydrogen (secondary N) is 2. The Kier molecular flexibility index (Phi) is 9.51. The maximum Gasteiger partial charge on any atom is 0.254 e. The molecule has 3 fully saturated rings. The van der Waals surface area contributed by atoms with E-state index in [-0.39, 0.29) is 48.0 Å². The minimum absolute atomic E-state index is 0.0566. The van der Waals surface area contributed by atoms with E-state index in [0.717, 1.165) is 49.7 Å². The highest BCUT2D eigenvalue weighted by Crippen LogP contribution is 2.39. The number of hydrogen-bond donors (Lipinski definition) is 3. The van der Waals surface area contributed by atoms with Crippen molar-refractivity contribution in [2.24, 2.45) is 5.73 Å². The third kappa shape index (κ3) is 7.23. The van der Waals surface area contributed by atoms with E-state index in [4.69, 9.17) is 10.5 Å². The topological polar surface area (TPSA) is 117 Å². The van der Waals surface area contributed by atoms with Gasteiger partial charge in [-0.3, -0.25) is 14.4 Å². The van der Waals surface area contributed by atoms with E-state index in [1.54, 1.807) is 9.80 Å². The first-order valence-electron chi connectivity index (χ1n) is 14.8. The number of rotatable bonds is 8. The normalized spacial score (nSPS) is 19.7. The van der Waals surface area contributed by atoms with Crippen molar-refractivity contribution in [3.63, 3.8) is 0 Å². The zero-order valence-electron chi connectivity index (χ0n) is 23.5. The van der Waals surface area contributed by atoms with Crippen LogP contribution in [0.5, 0.6) is 5.75 Å². The molecule has 2 aromatic carbocycles. The molecule has 5 rings (SSSR count). The van der Waals surface area contributed by atoms with E-state index in [2.05, 4.69) is 10.6 Å². The Morgan fingerprint density at radius 1 is 0.927 bits per heavy atom. The highest BCUT2D eigenvalue weighted by atomic mass is 19.1. The summed E-state index contributed by atoms with van der Waals surface area (Å²) in [6.07, 6.45) is 7.08. The lowest BCUT2D eigenvalue weighted by Crippen LogP contribution is -2.50. The molecule has 2 heterocycles. The van der Waals surface area contributed by atoms with Gasteiger partial charge in [-0.15, -0.1) is 0 Å². The molecule has 0 bridgehead atoms. The Morgan fingerprint density at radius 2 is 1.63 bits per heavy atom. The molecule has 41 heavy (non-hydrogen) atoms. The summed E-state index contributed by atoms with van der Waals surface area (Å²) in [5.41, 5.74) is 7.55. The summed E-state index contributed by atoms with van der Waals surface area (Å²) < 4.78 is 20.6. The molecule has 3 aliphatic rings. The Balaban J connectivity index is 1.24. The Bertz CT molecular complexity index is 1250. The molecule has 1 saturated carbocycles. The highest BCUT2D eigenvalue weighted by molar-refractivity contribution is 5.98. The number of carbonyl (C=O) groups is 3. The van der Waals surface area contributed by atoms with Gasteiger partial charge in [0.1, 0.15) is 17.7 Å². The predicted molar refractivity (Wildman–Crippen MR) is 155 cm³/mol. The zero-order valence-corrected chi connectivity index (χ0v) is 23.5. The number of halogens is 1. The summed E-state index contributed by atoms with van der Waals surface area (Å²) in [5.74, 6) is -0.0614. The average Bonchev–Trinajstić information content (AvgIpc) is 3.50. The first-order valence-corrected chi connectivity index (χ1v) is 14.8. The summed E-state index contributed by atoms with van der Waals surface area (Å²) in [4.78, 5) is 42.0. The van der Waals surface area contributed by atoms with Gasteiger partial charge in [0.25, 0.3) is 11.8 Å². The van der Waals surface area contributed by atoms with Crippen LogP contribution in [-0.4, -0.2) is 79.4 Å². The molecule has 0 unspecified atom stereocenters. The first kappa shape index (κ1) is 29.0. The van der Waals surface area contributed by atoms with E-state index < -0.39 is 5.82 Å². The fourth-order valence-corrected chi connectivity index (χ4v) is 6.05. The minimum Gasteiger partial charge on any atom is -0.489 e. The second-order valence-electron chi connectivity index (χ2n) is 11.2. The number of ether oxygens (including phenoxy) is 1. The molecule has 10 heteroatoms. The standard InChI is InChI=1S/C31H40FN5O4/c32-24-16-23(17-25(19-24)35-29(38)8-10-33)31(40)37-14-12-36(13-15-37)30(39)22-6-7-28(41-26-9-11-34-20-26)27(18-22)21-4-2-1-3-5-21/h6-7,16-19,21,26,34H,1-5,8-15,20,33H2,(H,35,38)/t26-/m0/s1. The lowest BCUT2D eigenvalue weighted by atomic mass is 9.83. The Labute approximate surface area is 240 Å². The molecule has 0 aromatic heterocycles. The van der Waals surface area contributed by atoms with Gasteiger partial charge in [-0.05, 0) is 73.7 Å². The zero-order chi connectivity index (χ0) is 28.8. The van der Waals surface area contributed by atoms with Gasteiger partial charge in [-0.1, -0.05) is 19.3 Å². The van der Waals surface area contributed by atoms with Crippen LogP contribution in [0, 0.1) is 5.82 Å². The monoisotopic (exact) mass is 565 g/mol. The molecule has 0 spiro atoms. The number of anilines is 1. The molecule has 0 radical (unpaired) electrons. The molecule has 2 saturated heterocycles. The van der Waals surface area contributed by atoms with Crippen molar-refractivity contribution in [3.8, 4) is 5.75 Å². The van der Waals surface area contributed by atoms with E-state index in [0.29, 0.717) is 37.7 Å². The predicted octanol–water partition coefficient (Wildman–Crippen LogP) is 3.50. The van der Waals surface area contributed by atoms with Crippen LogP contribution in [0.3, 0.4) is 0 Å². The molecule has 9 nitrogen and oxygen atoms in total. The summed E-state index contributed by atoms with van der Waals surface area (Å²) >= 11 is 0. The van der Waals surface area contributed by atoms with Crippen molar-refractivity contribution in [2.45, 2.75) is 57.0 Å². The van der Waals surface area contributed by atoms with Crippen molar-refractivity contribution >= 4 is 23.4 Å². The van der Waals surface area contributed by atoms with Gasteiger partial charge >= 0.3 is 0 Å². The number of benzene rings is 2. The molecular weight excluding hydrogens is 525 g/mol. The van der Waals surface area contributed by atoms with Gasteiger partial charge < -0.3 is 30.9 Å². The Hall–Kier alpha value is -3.50. The van der Waals surface area contributed by atoms with Crippen LogP contribution in [0.4, 0.5) is 10.1 Å². The average molecular weight is 566 g/mol. The largest absolute Gasteiger partial charge is 0.489 e. The van der Waals surface area contributed by atoms with Gasteiger partial charge in [0.15, 0.2) is 0 Å². The lowest BCUT2D eigenvalue weighted by Gasteiger charge is -2.35. The van der Waals surface area contributed by atoms with Crippen molar-refractivity contribution in [1.29, 1.82) is 0 Å². The molecule has 2 aliphatic heterocycles. The van der Waals surface area contributed by atoms with E-state index >= 15 is 0 Å². The second-order valence-corrected chi connectivity index (χ2v) is 11.2. The number of nitrogens with two attached hydrogens (primary N) is 1. The van der Waals surface area contributed by atoms with Gasteiger partial charge in [0, 0.05) is 62.5 Å². The summed E-state index contributed by atoms with van der Waals surface area (Å²) in [6.45, 7) is 3.40. The summed E-state index contributed by atoms with van der Waals surface area (Å²) in [5, 5.41) is 5.93. The van der Waals surface area contributed by atoms with Gasteiger partial charge in [-0.25, -0.2) is 4.39 Å². The van der Waals surface area contributed by atoms with Gasteiger partial charge in [0.2, 0.25) is 5.91 Å². The van der Waals surface area contributed by atoms with Gasteiger partial charge in [0.05, 0.1) is 0 Å².